The van der Waals surface area contributed by atoms with Crippen LogP contribution in [-0.4, -0.2) is 11.1 Å². The molecule has 17 heavy (non-hydrogen) atoms. The minimum absolute atomic E-state index is 0.0886. The van der Waals surface area contributed by atoms with Crippen LogP contribution < -0.4 is 5.32 Å². The zero-order valence-electron chi connectivity index (χ0n) is 8.61. The number of carbonyl (C=O) groups is 1. The molecule has 1 aromatic carbocycles. The van der Waals surface area contributed by atoms with Crippen molar-refractivity contribution in [2.45, 2.75) is 6.54 Å². The number of nitrogens with one attached hydrogen (secondary N) is 1. The lowest BCUT2D eigenvalue weighted by Crippen LogP contribution is -2.24. The van der Waals surface area contributed by atoms with Gasteiger partial charge in [0, 0.05) is 6.07 Å². The van der Waals surface area contributed by atoms with Crippen LogP contribution in [0.5, 0.6) is 0 Å². The predicted molar refractivity (Wildman–Crippen MR) is 54.0 cm³/mol. The summed E-state index contributed by atoms with van der Waals surface area (Å²) in [5.41, 5.74) is 0.156. The second-order valence-electron chi connectivity index (χ2n) is 3.27. The highest BCUT2D eigenvalue weighted by molar-refractivity contribution is 5.94. The molecule has 0 atom stereocenters. The van der Waals surface area contributed by atoms with Gasteiger partial charge in [-0.1, -0.05) is 11.2 Å². The molecule has 2 aromatic rings. The van der Waals surface area contributed by atoms with Gasteiger partial charge >= 0.3 is 0 Å². The van der Waals surface area contributed by atoms with E-state index in [9.17, 15) is 13.6 Å². The SMILES string of the molecule is O=C(NCc1ccon1)c1cccc(F)c1F. The summed E-state index contributed by atoms with van der Waals surface area (Å²) in [5, 5.41) is 5.97. The van der Waals surface area contributed by atoms with Crippen LogP contribution >= 0.6 is 0 Å². The van der Waals surface area contributed by atoms with Gasteiger partial charge in [0.05, 0.1) is 12.1 Å². The van der Waals surface area contributed by atoms with Crippen LogP contribution in [0.2, 0.25) is 0 Å². The molecule has 0 unspecified atom stereocenters. The fourth-order valence-electron chi connectivity index (χ4n) is 1.27. The average molecular weight is 238 g/mol. The molecule has 0 aliphatic carbocycles. The second-order valence-corrected chi connectivity index (χ2v) is 3.27. The first-order valence-electron chi connectivity index (χ1n) is 4.80. The van der Waals surface area contributed by atoms with Crippen molar-refractivity contribution < 1.29 is 18.1 Å². The van der Waals surface area contributed by atoms with Gasteiger partial charge in [-0.3, -0.25) is 4.79 Å². The molecule has 0 bridgehead atoms. The highest BCUT2D eigenvalue weighted by Crippen LogP contribution is 2.11. The Balaban J connectivity index is 2.07. The van der Waals surface area contributed by atoms with Crippen molar-refractivity contribution in [3.05, 3.63) is 53.4 Å². The third-order valence-corrected chi connectivity index (χ3v) is 2.12. The molecule has 1 amide bonds. The van der Waals surface area contributed by atoms with Crippen molar-refractivity contribution in [2.24, 2.45) is 0 Å². The van der Waals surface area contributed by atoms with Crippen LogP contribution in [0.4, 0.5) is 8.78 Å². The monoisotopic (exact) mass is 238 g/mol. The van der Waals surface area contributed by atoms with Crippen molar-refractivity contribution in [3.8, 4) is 0 Å². The Labute approximate surface area is 95.2 Å². The molecule has 2 rings (SSSR count). The van der Waals surface area contributed by atoms with Crippen LogP contribution in [0.25, 0.3) is 0 Å². The molecule has 0 saturated carbocycles. The molecular formula is C11H8F2N2O2. The number of carbonyl (C=O) groups excluding carboxylic acids is 1. The fraction of sp³-hybridized carbons (Fsp3) is 0.0909. The van der Waals surface area contributed by atoms with Crippen LogP contribution in [0, 0.1) is 11.6 Å². The molecule has 0 saturated heterocycles. The lowest BCUT2D eigenvalue weighted by Gasteiger charge is -2.04. The van der Waals surface area contributed by atoms with Gasteiger partial charge < -0.3 is 9.84 Å². The molecule has 88 valence electrons. The van der Waals surface area contributed by atoms with Crippen molar-refractivity contribution in [2.75, 3.05) is 0 Å². The zero-order valence-corrected chi connectivity index (χ0v) is 8.61. The summed E-state index contributed by atoms with van der Waals surface area (Å²) < 4.78 is 30.7. The lowest BCUT2D eigenvalue weighted by molar-refractivity contribution is 0.0945. The first-order chi connectivity index (χ1) is 8.18. The average Bonchev–Trinajstić information content (AvgIpc) is 2.82. The normalized spacial score (nSPS) is 10.2. The lowest BCUT2D eigenvalue weighted by atomic mass is 10.2. The van der Waals surface area contributed by atoms with Gasteiger partial charge in [-0.15, -0.1) is 0 Å². The summed E-state index contributed by atoms with van der Waals surface area (Å²) in [6.07, 6.45) is 1.35. The Bertz CT molecular complexity index is 526. The molecule has 0 aliphatic heterocycles. The molecular weight excluding hydrogens is 230 g/mol. The van der Waals surface area contributed by atoms with Crippen LogP contribution in [0.3, 0.4) is 0 Å². The Morgan fingerprint density at radius 2 is 2.18 bits per heavy atom. The molecule has 0 radical (unpaired) electrons. The number of nitrogens with zero attached hydrogens (tertiary/aromatic N) is 1. The quantitative estimate of drug-likeness (QED) is 0.888. The Hall–Kier alpha value is -2.24. The van der Waals surface area contributed by atoms with E-state index >= 15 is 0 Å². The van der Waals surface area contributed by atoms with E-state index in [1.165, 1.54) is 18.4 Å². The second kappa shape index (κ2) is 4.73. The minimum atomic E-state index is -1.16. The topological polar surface area (TPSA) is 55.1 Å². The van der Waals surface area contributed by atoms with Gasteiger partial charge in [0.1, 0.15) is 12.0 Å². The number of halogens is 2. The first-order valence-corrected chi connectivity index (χ1v) is 4.80. The number of hydrogen-bond acceptors (Lipinski definition) is 3. The van der Waals surface area contributed by atoms with Gasteiger partial charge in [0.25, 0.3) is 5.91 Å². The van der Waals surface area contributed by atoms with Gasteiger partial charge in [0.15, 0.2) is 11.6 Å². The smallest absolute Gasteiger partial charge is 0.254 e. The Morgan fingerprint density at radius 3 is 2.88 bits per heavy atom. The standard InChI is InChI=1S/C11H8F2N2O2/c12-9-3-1-2-8(10(9)13)11(16)14-6-7-4-5-17-15-7/h1-5H,6H2,(H,14,16). The number of benzene rings is 1. The third-order valence-electron chi connectivity index (χ3n) is 2.12. The maximum Gasteiger partial charge on any atom is 0.254 e. The van der Waals surface area contributed by atoms with Gasteiger partial charge in [-0.2, -0.15) is 0 Å². The zero-order chi connectivity index (χ0) is 12.3. The van der Waals surface area contributed by atoms with Gasteiger partial charge in [0.2, 0.25) is 0 Å². The molecule has 1 N–H and O–H groups in total. The number of rotatable bonds is 3. The van der Waals surface area contributed by atoms with E-state index in [0.29, 0.717) is 5.69 Å². The van der Waals surface area contributed by atoms with E-state index in [4.69, 9.17) is 0 Å². The van der Waals surface area contributed by atoms with E-state index in [2.05, 4.69) is 15.0 Å². The first kappa shape index (κ1) is 11.3. The Morgan fingerprint density at radius 1 is 1.35 bits per heavy atom. The maximum atomic E-state index is 13.2. The molecule has 4 nitrogen and oxygen atoms in total. The molecule has 1 heterocycles. The summed E-state index contributed by atoms with van der Waals surface area (Å²) in [7, 11) is 0. The van der Waals surface area contributed by atoms with Crippen molar-refractivity contribution in [1.29, 1.82) is 0 Å². The van der Waals surface area contributed by atoms with E-state index in [1.54, 1.807) is 6.07 Å². The summed E-state index contributed by atoms with van der Waals surface area (Å²) in [4.78, 5) is 11.5. The number of aromatic nitrogens is 1. The van der Waals surface area contributed by atoms with E-state index < -0.39 is 17.5 Å². The molecule has 0 spiro atoms. The van der Waals surface area contributed by atoms with Gasteiger partial charge in [-0.05, 0) is 12.1 Å². The fourth-order valence-corrected chi connectivity index (χ4v) is 1.27. The number of amides is 1. The molecule has 0 aliphatic rings. The van der Waals surface area contributed by atoms with Crippen molar-refractivity contribution >= 4 is 5.91 Å². The third kappa shape index (κ3) is 2.47. The molecule has 0 fully saturated rings. The molecule has 6 heteroatoms. The van der Waals surface area contributed by atoms with Crippen molar-refractivity contribution in [3.63, 3.8) is 0 Å². The highest BCUT2D eigenvalue weighted by Gasteiger charge is 2.14. The summed E-state index contributed by atoms with van der Waals surface area (Å²) >= 11 is 0. The summed E-state index contributed by atoms with van der Waals surface area (Å²) in [5.74, 6) is -2.92. The Kier molecular flexibility index (Phi) is 3.13. The van der Waals surface area contributed by atoms with Crippen LogP contribution in [-0.2, 0) is 6.54 Å². The van der Waals surface area contributed by atoms with Gasteiger partial charge in [-0.25, -0.2) is 8.78 Å². The predicted octanol–water partition coefficient (Wildman–Crippen LogP) is 1.88. The highest BCUT2D eigenvalue weighted by atomic mass is 19.2. The van der Waals surface area contributed by atoms with Crippen LogP contribution in [0.1, 0.15) is 16.1 Å². The van der Waals surface area contributed by atoms with E-state index in [0.717, 1.165) is 6.07 Å². The van der Waals surface area contributed by atoms with Crippen molar-refractivity contribution in [1.82, 2.24) is 10.5 Å². The van der Waals surface area contributed by atoms with E-state index in [1.807, 2.05) is 0 Å². The molecule has 1 aromatic heterocycles. The van der Waals surface area contributed by atoms with E-state index in [-0.39, 0.29) is 12.1 Å². The largest absolute Gasteiger partial charge is 0.364 e. The number of hydrogen-bond donors (Lipinski definition) is 1. The summed E-state index contributed by atoms with van der Waals surface area (Å²) in [6, 6.07) is 4.98. The summed E-state index contributed by atoms with van der Waals surface area (Å²) in [6.45, 7) is 0.0886. The minimum Gasteiger partial charge on any atom is -0.364 e. The maximum absolute atomic E-state index is 13.2. The van der Waals surface area contributed by atoms with Crippen LogP contribution in [0.15, 0.2) is 35.1 Å².